The number of methoxy groups -OCH3 is 1. The van der Waals surface area contributed by atoms with Gasteiger partial charge in [-0.3, -0.25) is 4.79 Å². The highest BCUT2D eigenvalue weighted by atomic mass is 32.2. The predicted molar refractivity (Wildman–Crippen MR) is 93.0 cm³/mol. The molecule has 0 N–H and O–H groups in total. The summed E-state index contributed by atoms with van der Waals surface area (Å²) in [7, 11) is 1.67. The zero-order valence-corrected chi connectivity index (χ0v) is 14.1. The molecule has 2 aromatic rings. The maximum absolute atomic E-state index is 12.1. The zero-order chi connectivity index (χ0) is 16.1. The molecule has 0 radical (unpaired) electrons. The van der Waals surface area contributed by atoms with Gasteiger partial charge in [0.2, 0.25) is 5.91 Å². The molecule has 0 aliphatic carbocycles. The molecule has 120 valence electrons. The average Bonchev–Trinajstić information content (AvgIpc) is 2.95. The smallest absolute Gasteiger partial charge is 0.225 e. The van der Waals surface area contributed by atoms with Gasteiger partial charge in [-0.05, 0) is 17.2 Å². The summed E-state index contributed by atoms with van der Waals surface area (Å²) < 4.78 is 5.43. The van der Waals surface area contributed by atoms with E-state index >= 15 is 0 Å². The van der Waals surface area contributed by atoms with Gasteiger partial charge in [-0.2, -0.15) is 0 Å². The first-order valence-electron chi connectivity index (χ1n) is 7.85. The number of likely N-dealkylation sites (tertiary alicyclic amines) is 1. The van der Waals surface area contributed by atoms with Gasteiger partial charge in [-0.15, -0.1) is 11.8 Å². The quantitative estimate of drug-likeness (QED) is 0.749. The third-order valence-corrected chi connectivity index (χ3v) is 5.28. The summed E-state index contributed by atoms with van der Waals surface area (Å²) in [5.41, 5.74) is 2.49. The molecule has 1 heterocycles. The van der Waals surface area contributed by atoms with Crippen molar-refractivity contribution in [3.8, 4) is 0 Å². The molecule has 4 heteroatoms. The van der Waals surface area contributed by atoms with Gasteiger partial charge in [0.25, 0.3) is 0 Å². The number of hydrogen-bond donors (Lipinski definition) is 0. The molecule has 1 aliphatic heterocycles. The summed E-state index contributed by atoms with van der Waals surface area (Å²) in [5, 5.41) is 0. The summed E-state index contributed by atoms with van der Waals surface area (Å²) in [4.78, 5) is 15.2. The van der Waals surface area contributed by atoms with Crippen molar-refractivity contribution in [2.24, 2.45) is 0 Å². The van der Waals surface area contributed by atoms with E-state index in [1.807, 2.05) is 28.8 Å². The van der Waals surface area contributed by atoms with E-state index in [1.165, 1.54) is 16.0 Å². The summed E-state index contributed by atoms with van der Waals surface area (Å²) in [6.07, 6.45) is 1.28. The van der Waals surface area contributed by atoms with Gasteiger partial charge in [0.05, 0.1) is 0 Å². The first-order chi connectivity index (χ1) is 11.3. The third-order valence-electron chi connectivity index (χ3n) is 4.10. The van der Waals surface area contributed by atoms with E-state index in [2.05, 4.69) is 42.5 Å². The summed E-state index contributed by atoms with van der Waals surface area (Å²) in [6, 6.07) is 18.8. The van der Waals surface area contributed by atoms with Crippen molar-refractivity contribution in [2.75, 3.05) is 7.11 Å². The second-order valence-electron chi connectivity index (χ2n) is 5.63. The van der Waals surface area contributed by atoms with Crippen molar-refractivity contribution in [3.63, 3.8) is 0 Å². The van der Waals surface area contributed by atoms with E-state index in [-0.39, 0.29) is 12.1 Å². The van der Waals surface area contributed by atoms with Crippen molar-refractivity contribution in [1.29, 1.82) is 0 Å². The van der Waals surface area contributed by atoms with Gasteiger partial charge in [0, 0.05) is 37.1 Å². The summed E-state index contributed by atoms with van der Waals surface area (Å²) in [5.74, 6) is 1.11. The number of carbonyl (C=O) groups is 1. The summed E-state index contributed by atoms with van der Waals surface area (Å²) >= 11 is 1.81. The van der Waals surface area contributed by atoms with E-state index in [0.717, 1.165) is 12.2 Å². The van der Waals surface area contributed by atoms with E-state index < -0.39 is 0 Å². The number of nitrogens with zero attached hydrogens (tertiary/aromatic N) is 1. The van der Waals surface area contributed by atoms with Crippen LogP contribution >= 0.6 is 11.8 Å². The van der Waals surface area contributed by atoms with Crippen LogP contribution < -0.4 is 0 Å². The van der Waals surface area contributed by atoms with Crippen LogP contribution in [0.3, 0.4) is 0 Å². The number of carbonyl (C=O) groups excluding carboxylic acids is 1. The lowest BCUT2D eigenvalue weighted by atomic mass is 10.2. The molecule has 0 aromatic heterocycles. The van der Waals surface area contributed by atoms with Gasteiger partial charge in [-0.25, -0.2) is 0 Å². The van der Waals surface area contributed by atoms with Crippen molar-refractivity contribution in [2.45, 2.75) is 36.3 Å². The molecule has 0 saturated carbocycles. The highest BCUT2D eigenvalue weighted by Gasteiger charge is 2.31. The fraction of sp³-hybridized carbons (Fsp3) is 0.316. The first kappa shape index (κ1) is 16.1. The Morgan fingerprint density at radius 2 is 1.87 bits per heavy atom. The first-order valence-corrected chi connectivity index (χ1v) is 8.83. The Hall–Kier alpha value is -1.78. The van der Waals surface area contributed by atoms with E-state index in [0.29, 0.717) is 13.0 Å². The molecule has 23 heavy (non-hydrogen) atoms. The van der Waals surface area contributed by atoms with Gasteiger partial charge < -0.3 is 9.64 Å². The lowest BCUT2D eigenvalue weighted by molar-refractivity contribution is -0.135. The molecule has 3 rings (SSSR count). The van der Waals surface area contributed by atoms with Crippen molar-refractivity contribution in [1.82, 2.24) is 4.90 Å². The number of ether oxygens (including phenoxy) is 1. The van der Waals surface area contributed by atoms with Gasteiger partial charge >= 0.3 is 0 Å². The highest BCUT2D eigenvalue weighted by Crippen LogP contribution is 2.29. The molecule has 0 spiro atoms. The van der Waals surface area contributed by atoms with E-state index in [9.17, 15) is 4.79 Å². The maximum Gasteiger partial charge on any atom is 0.225 e. The largest absolute Gasteiger partial charge is 0.362 e. The molecule has 1 amide bonds. The number of thioether (sulfide) groups is 1. The minimum Gasteiger partial charge on any atom is -0.362 e. The topological polar surface area (TPSA) is 29.5 Å². The minimum atomic E-state index is -0.0883. The molecule has 2 aromatic carbocycles. The highest BCUT2D eigenvalue weighted by molar-refractivity contribution is 7.98. The Labute approximate surface area is 141 Å². The third kappa shape index (κ3) is 3.95. The van der Waals surface area contributed by atoms with Crippen LogP contribution in [0.15, 0.2) is 59.5 Å². The monoisotopic (exact) mass is 327 g/mol. The van der Waals surface area contributed by atoms with Crippen LogP contribution in [-0.4, -0.2) is 24.1 Å². The zero-order valence-electron chi connectivity index (χ0n) is 13.3. The molecule has 1 fully saturated rings. The fourth-order valence-electron chi connectivity index (χ4n) is 2.84. The predicted octanol–water partition coefficient (Wildman–Crippen LogP) is 4.07. The standard InChI is InChI=1S/C19H21NO2S/c1-22-19-12-11-18(21)20(19)13-16-9-5-6-10-17(16)23-14-15-7-3-2-4-8-15/h2-10,19H,11-14H2,1H3. The molecule has 1 unspecified atom stereocenters. The van der Waals surface area contributed by atoms with Crippen LogP contribution in [0, 0.1) is 0 Å². The molecule has 1 atom stereocenters. The van der Waals surface area contributed by atoms with Gasteiger partial charge in [0.1, 0.15) is 6.23 Å². The Morgan fingerprint density at radius 1 is 1.13 bits per heavy atom. The fourth-order valence-corrected chi connectivity index (χ4v) is 3.84. The molecular formula is C19H21NO2S. The van der Waals surface area contributed by atoms with E-state index in [1.54, 1.807) is 7.11 Å². The normalized spacial score (nSPS) is 17.7. The molecule has 3 nitrogen and oxygen atoms in total. The number of amides is 1. The van der Waals surface area contributed by atoms with Crippen LogP contribution in [0.2, 0.25) is 0 Å². The SMILES string of the molecule is COC1CCC(=O)N1Cc1ccccc1SCc1ccccc1. The van der Waals surface area contributed by atoms with Gasteiger partial charge in [-0.1, -0.05) is 48.5 Å². The number of hydrogen-bond acceptors (Lipinski definition) is 3. The van der Waals surface area contributed by atoms with Crippen LogP contribution in [0.4, 0.5) is 0 Å². The Kier molecular flexibility index (Phi) is 5.36. The van der Waals surface area contributed by atoms with Gasteiger partial charge in [0.15, 0.2) is 0 Å². The van der Waals surface area contributed by atoms with Crippen molar-refractivity contribution in [3.05, 3.63) is 65.7 Å². The van der Waals surface area contributed by atoms with Crippen LogP contribution in [0.5, 0.6) is 0 Å². The van der Waals surface area contributed by atoms with Crippen LogP contribution in [0.25, 0.3) is 0 Å². The average molecular weight is 327 g/mol. The van der Waals surface area contributed by atoms with Crippen molar-refractivity contribution >= 4 is 17.7 Å². The second-order valence-corrected chi connectivity index (χ2v) is 6.65. The Balaban J connectivity index is 1.71. The number of rotatable bonds is 6. The lowest BCUT2D eigenvalue weighted by Gasteiger charge is -2.24. The van der Waals surface area contributed by atoms with Crippen LogP contribution in [0.1, 0.15) is 24.0 Å². The van der Waals surface area contributed by atoms with Crippen molar-refractivity contribution < 1.29 is 9.53 Å². The number of benzene rings is 2. The summed E-state index contributed by atoms with van der Waals surface area (Å²) in [6.45, 7) is 0.620. The maximum atomic E-state index is 12.1. The van der Waals surface area contributed by atoms with Crippen LogP contribution in [-0.2, 0) is 21.8 Å². The lowest BCUT2D eigenvalue weighted by Crippen LogP contribution is -2.33. The Morgan fingerprint density at radius 3 is 2.65 bits per heavy atom. The molecule has 1 aliphatic rings. The molecular weight excluding hydrogens is 306 g/mol. The van der Waals surface area contributed by atoms with E-state index in [4.69, 9.17) is 4.74 Å². The second kappa shape index (κ2) is 7.66. The molecule has 1 saturated heterocycles. The minimum absolute atomic E-state index is 0.0883. The Bertz CT molecular complexity index is 659. The molecule has 0 bridgehead atoms.